The maximum atomic E-state index is 13.2. The lowest BCUT2D eigenvalue weighted by atomic mass is 9.97. The molecule has 7 N–H and O–H groups in total. The molecule has 6 atom stereocenters. The fourth-order valence-electron chi connectivity index (χ4n) is 3.59. The minimum absolute atomic E-state index is 0.00900. The van der Waals surface area contributed by atoms with Crippen molar-refractivity contribution in [1.29, 1.82) is 0 Å². The highest BCUT2D eigenvalue weighted by molar-refractivity contribution is 5.94. The summed E-state index contributed by atoms with van der Waals surface area (Å²) >= 11 is 0. The van der Waals surface area contributed by atoms with Crippen molar-refractivity contribution in [3.63, 3.8) is 0 Å². The number of amides is 3. The Kier molecular flexibility index (Phi) is 9.79. The number of nitrogens with one attached hydrogen (secondary N) is 5. The Morgan fingerprint density at radius 2 is 1.88 bits per heavy atom. The molecular formula is C21H34N6O6. The number of imidazole rings is 1. The first-order chi connectivity index (χ1) is 15.6. The van der Waals surface area contributed by atoms with Crippen molar-refractivity contribution in [2.24, 2.45) is 5.92 Å². The molecule has 0 bridgehead atoms. The van der Waals surface area contributed by atoms with Crippen molar-refractivity contribution in [2.45, 2.75) is 76.7 Å². The molecule has 1 saturated heterocycles. The van der Waals surface area contributed by atoms with Gasteiger partial charge in [-0.15, -0.1) is 0 Å². The summed E-state index contributed by atoms with van der Waals surface area (Å²) < 4.78 is 0. The van der Waals surface area contributed by atoms with Gasteiger partial charge in [0.1, 0.15) is 12.1 Å². The molecule has 1 aliphatic heterocycles. The van der Waals surface area contributed by atoms with Crippen molar-refractivity contribution in [1.82, 2.24) is 31.2 Å². The maximum Gasteiger partial charge on any atom is 0.328 e. The van der Waals surface area contributed by atoms with Crippen LogP contribution in [0.2, 0.25) is 0 Å². The van der Waals surface area contributed by atoms with Crippen molar-refractivity contribution in [2.75, 3.05) is 6.54 Å². The summed E-state index contributed by atoms with van der Waals surface area (Å²) in [6, 6.07) is -3.95. The summed E-state index contributed by atoms with van der Waals surface area (Å²) in [4.78, 5) is 56.8. The smallest absolute Gasteiger partial charge is 0.328 e. The molecule has 12 heteroatoms. The van der Waals surface area contributed by atoms with Crippen LogP contribution in [0.4, 0.5) is 0 Å². The van der Waals surface area contributed by atoms with Gasteiger partial charge in [0.25, 0.3) is 0 Å². The largest absolute Gasteiger partial charge is 0.480 e. The Morgan fingerprint density at radius 3 is 2.39 bits per heavy atom. The molecule has 1 fully saturated rings. The van der Waals surface area contributed by atoms with Crippen LogP contribution in [0.15, 0.2) is 12.5 Å². The summed E-state index contributed by atoms with van der Waals surface area (Å²) in [5.41, 5.74) is 0.540. The van der Waals surface area contributed by atoms with E-state index in [9.17, 15) is 29.4 Å². The number of aromatic amines is 1. The fourth-order valence-corrected chi connectivity index (χ4v) is 3.59. The van der Waals surface area contributed by atoms with E-state index in [2.05, 4.69) is 31.2 Å². The fraction of sp³-hybridized carbons (Fsp3) is 0.667. The van der Waals surface area contributed by atoms with Gasteiger partial charge in [-0.25, -0.2) is 9.78 Å². The number of hydrogen-bond acceptors (Lipinski definition) is 7. The van der Waals surface area contributed by atoms with Gasteiger partial charge in [0.15, 0.2) is 6.04 Å². The third-order valence-electron chi connectivity index (χ3n) is 5.83. The molecular weight excluding hydrogens is 432 g/mol. The van der Waals surface area contributed by atoms with Crippen LogP contribution < -0.4 is 21.3 Å². The molecule has 0 saturated carbocycles. The van der Waals surface area contributed by atoms with Gasteiger partial charge in [-0.2, -0.15) is 0 Å². The molecule has 1 aromatic heterocycles. The average molecular weight is 467 g/mol. The van der Waals surface area contributed by atoms with E-state index < -0.39 is 42.0 Å². The van der Waals surface area contributed by atoms with Gasteiger partial charge < -0.3 is 36.5 Å². The normalized spacial score (nSPS) is 20.2. The molecule has 12 nitrogen and oxygen atoms in total. The van der Waals surface area contributed by atoms with Crippen LogP contribution in [-0.4, -0.2) is 80.7 Å². The molecule has 3 amide bonds. The van der Waals surface area contributed by atoms with Gasteiger partial charge in [-0.05, 0) is 32.2 Å². The van der Waals surface area contributed by atoms with E-state index in [1.165, 1.54) is 19.4 Å². The van der Waals surface area contributed by atoms with Crippen LogP contribution in [0, 0.1) is 5.92 Å². The molecule has 0 aliphatic carbocycles. The molecule has 2 rings (SSSR count). The number of hydrogen-bond donors (Lipinski definition) is 7. The zero-order chi connectivity index (χ0) is 24.5. The lowest BCUT2D eigenvalue weighted by Gasteiger charge is -2.28. The highest BCUT2D eigenvalue weighted by Crippen LogP contribution is 2.12. The number of aromatic nitrogens is 2. The minimum atomic E-state index is -1.54. The number of nitrogens with zero attached hydrogens (tertiary/aromatic N) is 1. The van der Waals surface area contributed by atoms with Crippen molar-refractivity contribution in [3.8, 4) is 0 Å². The highest BCUT2D eigenvalue weighted by atomic mass is 16.4. The third-order valence-corrected chi connectivity index (χ3v) is 5.83. The Bertz CT molecular complexity index is 808. The highest BCUT2D eigenvalue weighted by Gasteiger charge is 2.34. The van der Waals surface area contributed by atoms with Gasteiger partial charge in [0.05, 0.1) is 18.5 Å². The van der Waals surface area contributed by atoms with Crippen molar-refractivity contribution < 1.29 is 29.4 Å². The van der Waals surface area contributed by atoms with E-state index in [0.29, 0.717) is 18.5 Å². The van der Waals surface area contributed by atoms with E-state index in [4.69, 9.17) is 0 Å². The second kappa shape index (κ2) is 12.3. The van der Waals surface area contributed by atoms with Gasteiger partial charge in [-0.1, -0.05) is 20.3 Å². The number of H-pyrrole nitrogens is 1. The van der Waals surface area contributed by atoms with Gasteiger partial charge in [0, 0.05) is 18.3 Å². The Labute approximate surface area is 192 Å². The van der Waals surface area contributed by atoms with Crippen LogP contribution in [0.25, 0.3) is 0 Å². The van der Waals surface area contributed by atoms with Crippen LogP contribution in [-0.2, 0) is 25.6 Å². The average Bonchev–Trinajstić information content (AvgIpc) is 3.48. The number of carbonyl (C=O) groups excluding carboxylic acids is 3. The Balaban J connectivity index is 2.18. The monoisotopic (exact) mass is 466 g/mol. The number of aliphatic carboxylic acids is 1. The quantitative estimate of drug-likeness (QED) is 0.197. The molecule has 184 valence electrons. The lowest BCUT2D eigenvalue weighted by molar-refractivity contribution is -0.145. The van der Waals surface area contributed by atoms with Gasteiger partial charge in [0.2, 0.25) is 17.7 Å². The maximum absolute atomic E-state index is 13.2. The van der Waals surface area contributed by atoms with E-state index in [1.807, 2.05) is 13.8 Å². The van der Waals surface area contributed by atoms with Crippen LogP contribution in [0.1, 0.15) is 45.7 Å². The first-order valence-corrected chi connectivity index (χ1v) is 11.2. The van der Waals surface area contributed by atoms with Crippen LogP contribution >= 0.6 is 0 Å². The third kappa shape index (κ3) is 7.53. The van der Waals surface area contributed by atoms with E-state index in [0.717, 1.165) is 13.0 Å². The second-order valence-electron chi connectivity index (χ2n) is 8.43. The van der Waals surface area contributed by atoms with E-state index in [-0.39, 0.29) is 24.3 Å². The molecule has 6 unspecified atom stereocenters. The molecule has 0 radical (unpaired) electrons. The predicted octanol–water partition coefficient (Wildman–Crippen LogP) is -1.33. The zero-order valence-corrected chi connectivity index (χ0v) is 19.1. The summed E-state index contributed by atoms with van der Waals surface area (Å²) in [6.07, 6.45) is 3.72. The predicted molar refractivity (Wildman–Crippen MR) is 118 cm³/mol. The number of carboxylic acids is 1. The Morgan fingerprint density at radius 1 is 1.15 bits per heavy atom. The number of carbonyl (C=O) groups is 4. The summed E-state index contributed by atoms with van der Waals surface area (Å²) in [5.74, 6) is -3.23. The molecule has 1 aliphatic rings. The first-order valence-electron chi connectivity index (χ1n) is 11.2. The zero-order valence-electron chi connectivity index (χ0n) is 19.1. The summed E-state index contributed by atoms with van der Waals surface area (Å²) in [6.45, 7) is 5.69. The first kappa shape index (κ1) is 26.3. The van der Waals surface area contributed by atoms with Crippen molar-refractivity contribution >= 4 is 23.7 Å². The number of aliphatic hydroxyl groups excluding tert-OH is 1. The Hall–Kier alpha value is -2.99. The molecule has 33 heavy (non-hydrogen) atoms. The van der Waals surface area contributed by atoms with Gasteiger partial charge in [-0.3, -0.25) is 14.4 Å². The van der Waals surface area contributed by atoms with Gasteiger partial charge >= 0.3 is 5.97 Å². The second-order valence-corrected chi connectivity index (χ2v) is 8.43. The van der Waals surface area contributed by atoms with Crippen LogP contribution in [0.5, 0.6) is 0 Å². The SMILES string of the molecule is CCC(C)C(NC(=O)C1CCCN1)C(=O)NC(Cc1cnc[nH]1)C(=O)NC(C(=O)O)C(C)O. The van der Waals surface area contributed by atoms with E-state index in [1.54, 1.807) is 0 Å². The van der Waals surface area contributed by atoms with Crippen LogP contribution in [0.3, 0.4) is 0 Å². The molecule has 2 heterocycles. The molecule has 0 aromatic carbocycles. The lowest BCUT2D eigenvalue weighted by Crippen LogP contribution is -2.59. The number of rotatable bonds is 12. The number of aliphatic hydroxyl groups is 1. The van der Waals surface area contributed by atoms with Crippen molar-refractivity contribution in [3.05, 3.63) is 18.2 Å². The molecule has 0 spiro atoms. The topological polar surface area (TPSA) is 186 Å². The van der Waals surface area contributed by atoms with E-state index >= 15 is 0 Å². The standard InChI is InChI=1S/C21H34N6O6/c1-4-11(2)16(26-18(29)14-6-5-7-23-14)20(31)25-15(8-13-9-22-10-24-13)19(30)27-17(12(3)28)21(32)33/h9-12,14-17,23,28H,4-8H2,1-3H3,(H,22,24)(H,25,31)(H,26,29)(H,27,30)(H,32,33). The summed E-state index contributed by atoms with van der Waals surface area (Å²) in [5, 5.41) is 29.8. The minimum Gasteiger partial charge on any atom is -0.480 e. The molecule has 1 aromatic rings. The number of carboxylic acid groups (broad SMARTS) is 1. The summed E-state index contributed by atoms with van der Waals surface area (Å²) in [7, 11) is 0.